The van der Waals surface area contributed by atoms with Gasteiger partial charge >= 0.3 is 5.97 Å². The average Bonchev–Trinajstić information content (AvgIpc) is 1.89. The Morgan fingerprint density at radius 2 is 2.40 bits per heavy atom. The van der Waals surface area contributed by atoms with Crippen LogP contribution in [0.15, 0.2) is 0 Å². The molecule has 0 aliphatic carbocycles. The zero-order chi connectivity index (χ0) is 7.82. The van der Waals surface area contributed by atoms with E-state index in [1.165, 1.54) is 0 Å². The van der Waals surface area contributed by atoms with Gasteiger partial charge in [0.15, 0.2) is 0 Å². The van der Waals surface area contributed by atoms with E-state index < -0.39 is 0 Å². The maximum Gasteiger partial charge on any atom is 0.307 e. The summed E-state index contributed by atoms with van der Waals surface area (Å²) in [5, 5.41) is 0. The van der Waals surface area contributed by atoms with E-state index in [1.807, 2.05) is 6.26 Å². The van der Waals surface area contributed by atoms with Crippen LogP contribution >= 0.6 is 11.8 Å². The summed E-state index contributed by atoms with van der Waals surface area (Å²) in [5.41, 5.74) is 5.13. The molecule has 0 bridgehead atoms. The number of esters is 1. The van der Waals surface area contributed by atoms with Gasteiger partial charge in [0, 0.05) is 12.3 Å². The lowest BCUT2D eigenvalue weighted by atomic mass is 10.4. The van der Waals surface area contributed by atoms with Crippen LogP contribution in [0.5, 0.6) is 0 Å². The number of hydrogen-bond donors (Lipinski definition) is 1. The van der Waals surface area contributed by atoms with Crippen LogP contribution in [0.25, 0.3) is 0 Å². The number of carbonyl (C=O) groups excluding carboxylic acids is 1. The van der Waals surface area contributed by atoms with Gasteiger partial charge in [0.1, 0.15) is 6.61 Å². The highest BCUT2D eigenvalue weighted by Crippen LogP contribution is 1.91. The zero-order valence-corrected chi connectivity index (χ0v) is 6.95. The van der Waals surface area contributed by atoms with Crippen LogP contribution in [-0.2, 0) is 9.53 Å². The van der Waals surface area contributed by atoms with Gasteiger partial charge in [0.25, 0.3) is 0 Å². The van der Waals surface area contributed by atoms with E-state index in [1.54, 1.807) is 11.8 Å². The Hall–Kier alpha value is -0.220. The van der Waals surface area contributed by atoms with Gasteiger partial charge in [-0.1, -0.05) is 0 Å². The van der Waals surface area contributed by atoms with Crippen LogP contribution < -0.4 is 5.73 Å². The Bertz CT molecular complexity index is 97.7. The van der Waals surface area contributed by atoms with Crippen molar-refractivity contribution in [3.05, 3.63) is 0 Å². The van der Waals surface area contributed by atoms with Crippen molar-refractivity contribution >= 4 is 17.7 Å². The van der Waals surface area contributed by atoms with Crippen molar-refractivity contribution in [1.82, 2.24) is 0 Å². The molecule has 3 nitrogen and oxygen atoms in total. The lowest BCUT2D eigenvalue weighted by Gasteiger charge is -2.00. The van der Waals surface area contributed by atoms with Crippen molar-refractivity contribution in [2.75, 3.05) is 25.2 Å². The van der Waals surface area contributed by atoms with Crippen molar-refractivity contribution in [1.29, 1.82) is 0 Å². The number of ether oxygens (including phenoxy) is 1. The molecule has 4 heteroatoms. The molecule has 0 fully saturated rings. The first-order valence-electron chi connectivity index (χ1n) is 3.16. The summed E-state index contributed by atoms with van der Waals surface area (Å²) in [6.45, 7) is 0.873. The standard InChI is InChI=1S/C6H13NO2S/c1-10-5-4-9-6(8)2-3-7/h2-5,7H2,1H3. The third-order valence-corrected chi connectivity index (χ3v) is 1.47. The topological polar surface area (TPSA) is 52.3 Å². The van der Waals surface area contributed by atoms with Crippen molar-refractivity contribution in [3.63, 3.8) is 0 Å². The molecule has 0 aliphatic rings. The van der Waals surface area contributed by atoms with Crippen LogP contribution in [0.2, 0.25) is 0 Å². The highest BCUT2D eigenvalue weighted by atomic mass is 32.2. The largest absolute Gasteiger partial charge is 0.465 e. The van der Waals surface area contributed by atoms with Gasteiger partial charge in [-0.15, -0.1) is 0 Å². The Morgan fingerprint density at radius 1 is 1.70 bits per heavy atom. The summed E-state index contributed by atoms with van der Waals surface area (Å²) in [6, 6.07) is 0. The van der Waals surface area contributed by atoms with Crippen LogP contribution in [0.3, 0.4) is 0 Å². The van der Waals surface area contributed by atoms with Crippen molar-refractivity contribution < 1.29 is 9.53 Å². The number of thioether (sulfide) groups is 1. The molecule has 60 valence electrons. The average molecular weight is 163 g/mol. The lowest BCUT2D eigenvalue weighted by molar-refractivity contribution is -0.142. The van der Waals surface area contributed by atoms with Crippen molar-refractivity contribution in [2.45, 2.75) is 6.42 Å². The van der Waals surface area contributed by atoms with Crippen LogP contribution in [0.4, 0.5) is 0 Å². The minimum atomic E-state index is -0.198. The molecule has 0 aromatic heterocycles. The van der Waals surface area contributed by atoms with E-state index in [9.17, 15) is 4.79 Å². The quantitative estimate of drug-likeness (QED) is 0.466. The number of rotatable bonds is 5. The van der Waals surface area contributed by atoms with Gasteiger partial charge in [-0.05, 0) is 6.26 Å². The number of nitrogens with two attached hydrogens (primary N) is 1. The van der Waals surface area contributed by atoms with E-state index in [-0.39, 0.29) is 5.97 Å². The number of carbonyl (C=O) groups is 1. The fourth-order valence-corrected chi connectivity index (χ4v) is 0.679. The molecular weight excluding hydrogens is 150 g/mol. The summed E-state index contributed by atoms with van der Waals surface area (Å²) >= 11 is 1.65. The summed E-state index contributed by atoms with van der Waals surface area (Å²) < 4.78 is 4.78. The van der Waals surface area contributed by atoms with E-state index in [0.29, 0.717) is 19.6 Å². The smallest absolute Gasteiger partial charge is 0.307 e. The first kappa shape index (κ1) is 9.78. The SMILES string of the molecule is CSCCOC(=O)CCN. The third kappa shape index (κ3) is 5.91. The van der Waals surface area contributed by atoms with Crippen molar-refractivity contribution in [2.24, 2.45) is 5.73 Å². The second-order valence-corrected chi connectivity index (χ2v) is 2.74. The molecule has 0 rings (SSSR count). The van der Waals surface area contributed by atoms with E-state index in [2.05, 4.69) is 0 Å². The first-order valence-corrected chi connectivity index (χ1v) is 4.55. The molecule has 0 spiro atoms. The highest BCUT2D eigenvalue weighted by molar-refractivity contribution is 7.98. The molecule has 0 unspecified atom stereocenters. The van der Waals surface area contributed by atoms with E-state index in [4.69, 9.17) is 10.5 Å². The molecule has 0 aromatic rings. The van der Waals surface area contributed by atoms with Gasteiger partial charge in [-0.2, -0.15) is 11.8 Å². The van der Waals surface area contributed by atoms with Gasteiger partial charge in [0.05, 0.1) is 6.42 Å². The lowest BCUT2D eigenvalue weighted by Crippen LogP contribution is -2.12. The summed E-state index contributed by atoms with van der Waals surface area (Å²) in [7, 11) is 0. The fraction of sp³-hybridized carbons (Fsp3) is 0.833. The molecule has 0 aliphatic heterocycles. The molecule has 2 N–H and O–H groups in total. The Kier molecular flexibility index (Phi) is 6.74. The second kappa shape index (κ2) is 6.89. The molecule has 0 heterocycles. The van der Waals surface area contributed by atoms with Gasteiger partial charge < -0.3 is 10.5 Å². The molecule has 0 atom stereocenters. The third-order valence-electron chi connectivity index (χ3n) is 0.899. The van der Waals surface area contributed by atoms with Crippen LogP contribution in [0.1, 0.15) is 6.42 Å². The fourth-order valence-electron chi connectivity index (χ4n) is 0.429. The predicted molar refractivity (Wildman–Crippen MR) is 43.0 cm³/mol. The zero-order valence-electron chi connectivity index (χ0n) is 6.13. The molecule has 0 amide bonds. The molecular formula is C6H13NO2S. The van der Waals surface area contributed by atoms with Crippen LogP contribution in [0, 0.1) is 0 Å². The van der Waals surface area contributed by atoms with Crippen molar-refractivity contribution in [3.8, 4) is 0 Å². The Labute approximate surface area is 65.3 Å². The minimum Gasteiger partial charge on any atom is -0.465 e. The Morgan fingerprint density at radius 3 is 2.90 bits per heavy atom. The predicted octanol–water partition coefficient (Wildman–Crippen LogP) is 0.241. The van der Waals surface area contributed by atoms with Gasteiger partial charge in [-0.3, -0.25) is 4.79 Å². The van der Waals surface area contributed by atoms with E-state index >= 15 is 0 Å². The first-order chi connectivity index (χ1) is 4.81. The highest BCUT2D eigenvalue weighted by Gasteiger charge is 1.98. The maximum atomic E-state index is 10.6. The minimum absolute atomic E-state index is 0.198. The second-order valence-electron chi connectivity index (χ2n) is 1.75. The molecule has 0 saturated carbocycles. The van der Waals surface area contributed by atoms with E-state index in [0.717, 1.165) is 5.75 Å². The van der Waals surface area contributed by atoms with Gasteiger partial charge in [0.2, 0.25) is 0 Å². The van der Waals surface area contributed by atoms with Gasteiger partial charge in [-0.25, -0.2) is 0 Å². The summed E-state index contributed by atoms with van der Waals surface area (Å²) in [4.78, 5) is 10.6. The molecule has 10 heavy (non-hydrogen) atoms. The number of hydrogen-bond acceptors (Lipinski definition) is 4. The molecule has 0 aromatic carbocycles. The van der Waals surface area contributed by atoms with Crippen LogP contribution in [-0.4, -0.2) is 31.1 Å². The summed E-state index contributed by atoms with van der Waals surface area (Å²) in [5.74, 6) is 0.660. The maximum absolute atomic E-state index is 10.6. The molecule has 0 saturated heterocycles. The monoisotopic (exact) mass is 163 g/mol. The molecule has 0 radical (unpaired) electrons. The Balaban J connectivity index is 3.05. The normalized spacial score (nSPS) is 9.40. The summed E-state index contributed by atoms with van der Waals surface area (Å²) in [6.07, 6.45) is 2.30.